The van der Waals surface area contributed by atoms with Crippen molar-refractivity contribution in [3.63, 3.8) is 0 Å². The monoisotopic (exact) mass is 1340 g/mol. The Hall–Kier alpha value is -13.2. The smallest absolute Gasteiger partial charge is 0.189 e. The SMILES string of the molecule is [C-]#[N+]c1ccc(-c2ccc(-c3nc(C)nc(C)n3)cc2-n2c3ccc(C)cc3c3cc(C)ccc32)c(-n2c3ccc(C)cc3c3cc(C)ccc32)c1.[C-]#[N+]c1ccc(-n2c3ccc(C)cc3c3cc(C)ccc32)c(-c2ccc(-c3nc(C)nc(C)n3)cc2-n2c3ccc(C)cc3c3cc(C)ccc32)c1. The average Bonchev–Trinajstić information content (AvgIpc) is 1.53. The van der Waals surface area contributed by atoms with Gasteiger partial charge in [-0.2, -0.15) is 0 Å². The van der Waals surface area contributed by atoms with Crippen LogP contribution < -0.4 is 0 Å². The Morgan fingerprint density at radius 3 is 0.750 bits per heavy atom. The summed E-state index contributed by atoms with van der Waals surface area (Å²) in [5, 5.41) is 9.63. The predicted octanol–water partition coefficient (Wildman–Crippen LogP) is 23.6. The molecule has 0 aliphatic rings. The van der Waals surface area contributed by atoms with Gasteiger partial charge in [0.25, 0.3) is 0 Å². The molecule has 12 aromatic carbocycles. The molecule has 0 amide bonds. The lowest BCUT2D eigenvalue weighted by molar-refractivity contribution is 0.927. The summed E-state index contributed by atoms with van der Waals surface area (Å²) in [7, 11) is 0. The molecule has 104 heavy (non-hydrogen) atoms. The number of fused-ring (bicyclic) bond motifs is 12. The zero-order valence-electron chi connectivity index (χ0n) is 60.2. The van der Waals surface area contributed by atoms with E-state index in [1.54, 1.807) is 0 Å². The first-order valence-electron chi connectivity index (χ1n) is 35.1. The molecule has 0 bridgehead atoms. The molecule has 0 radical (unpaired) electrons. The zero-order valence-corrected chi connectivity index (χ0v) is 60.2. The van der Waals surface area contributed by atoms with Crippen LogP contribution in [0.4, 0.5) is 11.4 Å². The van der Waals surface area contributed by atoms with Crippen LogP contribution >= 0.6 is 0 Å². The van der Waals surface area contributed by atoms with Crippen molar-refractivity contribution >= 4 is 98.6 Å². The fraction of sp³-hybridized carbons (Fsp3) is 0.130. The zero-order chi connectivity index (χ0) is 71.7. The van der Waals surface area contributed by atoms with Gasteiger partial charge in [-0.15, -0.1) is 0 Å². The summed E-state index contributed by atoms with van der Waals surface area (Å²) >= 11 is 0. The summed E-state index contributed by atoms with van der Waals surface area (Å²) in [6.07, 6.45) is 0. The number of aryl methyl sites for hydroxylation is 12. The lowest BCUT2D eigenvalue weighted by Crippen LogP contribution is -2.03. The van der Waals surface area contributed by atoms with Gasteiger partial charge in [0.1, 0.15) is 23.3 Å². The van der Waals surface area contributed by atoms with E-state index < -0.39 is 0 Å². The average molecular weight is 1350 g/mol. The van der Waals surface area contributed by atoms with Gasteiger partial charge < -0.3 is 18.3 Å². The summed E-state index contributed by atoms with van der Waals surface area (Å²) < 4.78 is 9.45. The Morgan fingerprint density at radius 2 is 0.462 bits per heavy atom. The second-order valence-corrected chi connectivity index (χ2v) is 28.1. The molecule has 6 aromatic heterocycles. The fourth-order valence-corrected chi connectivity index (χ4v) is 15.7. The van der Waals surface area contributed by atoms with Crippen LogP contribution in [0.2, 0.25) is 0 Å². The number of benzene rings is 12. The van der Waals surface area contributed by atoms with Gasteiger partial charge in [-0.1, -0.05) is 136 Å². The first-order chi connectivity index (χ1) is 50.3. The van der Waals surface area contributed by atoms with E-state index in [1.807, 2.05) is 52.0 Å². The third-order valence-electron chi connectivity index (χ3n) is 20.3. The van der Waals surface area contributed by atoms with E-state index in [0.717, 1.165) is 100 Å². The molecule has 0 saturated heterocycles. The van der Waals surface area contributed by atoms with Crippen molar-refractivity contribution in [1.29, 1.82) is 0 Å². The highest BCUT2D eigenvalue weighted by Crippen LogP contribution is 2.47. The molecule has 0 aliphatic carbocycles. The number of aromatic nitrogens is 10. The Labute approximate surface area is 603 Å². The van der Waals surface area contributed by atoms with Gasteiger partial charge in [-0.05, 0) is 216 Å². The van der Waals surface area contributed by atoms with E-state index in [2.05, 4.69) is 287 Å². The minimum atomic E-state index is 0.582. The molecular weight excluding hydrogens is 1270 g/mol. The first kappa shape index (κ1) is 64.2. The van der Waals surface area contributed by atoms with Crippen LogP contribution in [0.5, 0.6) is 0 Å². The van der Waals surface area contributed by atoms with Crippen molar-refractivity contribution in [1.82, 2.24) is 48.2 Å². The van der Waals surface area contributed by atoms with E-state index in [1.165, 1.54) is 87.6 Å². The Bertz CT molecular complexity index is 6520. The van der Waals surface area contributed by atoms with Crippen LogP contribution in [-0.4, -0.2) is 48.2 Å². The molecule has 12 nitrogen and oxygen atoms in total. The quantitative estimate of drug-likeness (QED) is 0.140. The standard InChI is InChI=1S/2C46H36N6/c1-26-8-16-40-36(20-26)37-21-27(2)9-17-41(37)51(40)44-24-32(46-49-30(5)48-31(6)50-46)12-14-34(44)35-15-13-33(47-7)25-45(35)52-42-18-10-28(3)22-38(42)39-23-29(4)11-19-43(39)52;1-26-8-15-40-35(20-26)36-21-27(2)9-16-41(36)51(40)44-19-13-33(47-7)25-39(44)34-14-12-32(46-49-30(5)48-31(6)50-46)24-45(34)52-42-17-10-28(3)22-37(42)38-23-29(4)11-18-43(38)52/h2*8-25H,1-6H3. The molecular formula is C92H72N12. The molecule has 6 heterocycles. The minimum Gasteiger partial charge on any atom is -0.310 e. The van der Waals surface area contributed by atoms with Crippen molar-refractivity contribution in [2.24, 2.45) is 0 Å². The summed E-state index contributed by atoms with van der Waals surface area (Å²) in [4.78, 5) is 35.8. The largest absolute Gasteiger partial charge is 0.310 e. The van der Waals surface area contributed by atoms with Crippen molar-refractivity contribution in [3.8, 4) is 67.8 Å². The first-order valence-corrected chi connectivity index (χ1v) is 35.1. The number of nitrogens with zero attached hydrogens (tertiary/aromatic N) is 12. The van der Waals surface area contributed by atoms with Crippen LogP contribution in [-0.2, 0) is 0 Å². The van der Waals surface area contributed by atoms with Gasteiger partial charge in [-0.3, -0.25) is 0 Å². The third kappa shape index (κ3) is 10.9. The maximum absolute atomic E-state index is 8.08. The molecule has 0 spiro atoms. The maximum atomic E-state index is 8.08. The second-order valence-electron chi connectivity index (χ2n) is 28.1. The van der Waals surface area contributed by atoms with Crippen molar-refractivity contribution in [2.75, 3.05) is 0 Å². The lowest BCUT2D eigenvalue weighted by Gasteiger charge is -2.20. The molecule has 0 atom stereocenters. The molecule has 0 aliphatic heterocycles. The molecule has 0 N–H and O–H groups in total. The van der Waals surface area contributed by atoms with Crippen LogP contribution in [0.25, 0.3) is 165 Å². The molecule has 0 saturated carbocycles. The van der Waals surface area contributed by atoms with Crippen LogP contribution in [0.3, 0.4) is 0 Å². The maximum Gasteiger partial charge on any atom is 0.189 e. The van der Waals surface area contributed by atoms with E-state index in [9.17, 15) is 0 Å². The van der Waals surface area contributed by atoms with Gasteiger partial charge >= 0.3 is 0 Å². The minimum absolute atomic E-state index is 0.582. The molecule has 18 aromatic rings. The summed E-state index contributed by atoms with van der Waals surface area (Å²) in [5.74, 6) is 4.00. The van der Waals surface area contributed by atoms with Gasteiger partial charge in [0.05, 0.1) is 74.3 Å². The van der Waals surface area contributed by atoms with E-state index in [0.29, 0.717) is 46.3 Å². The predicted molar refractivity (Wildman–Crippen MR) is 428 cm³/mol. The summed E-state index contributed by atoms with van der Waals surface area (Å²) in [6.45, 7) is 40.9. The molecule has 18 rings (SSSR count). The Kier molecular flexibility index (Phi) is 15.4. The topological polar surface area (TPSA) is 106 Å². The highest BCUT2D eigenvalue weighted by Gasteiger charge is 2.26. The van der Waals surface area contributed by atoms with Crippen molar-refractivity contribution in [3.05, 3.63) is 309 Å². The van der Waals surface area contributed by atoms with Gasteiger partial charge in [0, 0.05) is 76.6 Å². The van der Waals surface area contributed by atoms with Crippen molar-refractivity contribution in [2.45, 2.75) is 83.1 Å². The van der Waals surface area contributed by atoms with Crippen molar-refractivity contribution < 1.29 is 0 Å². The van der Waals surface area contributed by atoms with E-state index in [-0.39, 0.29) is 0 Å². The van der Waals surface area contributed by atoms with Gasteiger partial charge in [-0.25, -0.2) is 39.6 Å². The third-order valence-corrected chi connectivity index (χ3v) is 20.3. The molecule has 0 fully saturated rings. The van der Waals surface area contributed by atoms with Gasteiger partial charge in [0.15, 0.2) is 23.0 Å². The molecule has 12 heteroatoms. The number of hydrogen-bond donors (Lipinski definition) is 0. The normalized spacial score (nSPS) is 11.6. The number of rotatable bonds is 8. The summed E-state index contributed by atoms with van der Waals surface area (Å²) in [5.41, 5.74) is 29.6. The highest BCUT2D eigenvalue weighted by atomic mass is 15.1. The number of hydrogen-bond acceptors (Lipinski definition) is 6. The van der Waals surface area contributed by atoms with Crippen LogP contribution in [0.1, 0.15) is 67.8 Å². The van der Waals surface area contributed by atoms with E-state index >= 15 is 0 Å². The summed E-state index contributed by atoms with van der Waals surface area (Å²) in [6, 6.07) is 78.6. The fourth-order valence-electron chi connectivity index (χ4n) is 15.7. The van der Waals surface area contributed by atoms with Crippen LogP contribution in [0.15, 0.2) is 218 Å². The lowest BCUT2D eigenvalue weighted by atomic mass is 9.98. The molecule has 0 unspecified atom stereocenters. The van der Waals surface area contributed by atoms with Crippen LogP contribution in [0, 0.1) is 96.2 Å². The Morgan fingerprint density at radius 1 is 0.221 bits per heavy atom. The highest BCUT2D eigenvalue weighted by molar-refractivity contribution is 6.14. The Balaban J connectivity index is 0.000000154. The van der Waals surface area contributed by atoms with E-state index in [4.69, 9.17) is 33.1 Å². The molecule has 500 valence electrons. The van der Waals surface area contributed by atoms with Gasteiger partial charge in [0.2, 0.25) is 0 Å². The second kappa shape index (κ2) is 24.9.